The van der Waals surface area contributed by atoms with Gasteiger partial charge in [-0.25, -0.2) is 8.78 Å². The summed E-state index contributed by atoms with van der Waals surface area (Å²) in [6, 6.07) is 4.04. The van der Waals surface area contributed by atoms with E-state index in [-0.39, 0.29) is 11.5 Å². The molecule has 0 radical (unpaired) electrons. The SMILES string of the molecule is CC(C)CC(CBr)Cc1c(F)cccc1F. The molecule has 0 aliphatic rings. The maximum absolute atomic E-state index is 13.4. The summed E-state index contributed by atoms with van der Waals surface area (Å²) in [4.78, 5) is 0. The lowest BCUT2D eigenvalue weighted by Gasteiger charge is -2.17. The van der Waals surface area contributed by atoms with Gasteiger partial charge in [-0.15, -0.1) is 0 Å². The van der Waals surface area contributed by atoms with Crippen LogP contribution in [-0.2, 0) is 6.42 Å². The zero-order chi connectivity index (χ0) is 12.1. The Morgan fingerprint density at radius 3 is 2.19 bits per heavy atom. The molecule has 16 heavy (non-hydrogen) atoms. The highest BCUT2D eigenvalue weighted by Gasteiger charge is 2.16. The normalized spacial score (nSPS) is 13.1. The Bertz CT molecular complexity index is 316. The Hall–Kier alpha value is -0.440. The number of rotatable bonds is 5. The molecular weight excluding hydrogens is 274 g/mol. The van der Waals surface area contributed by atoms with Crippen LogP contribution in [0.2, 0.25) is 0 Å². The van der Waals surface area contributed by atoms with Gasteiger partial charge in [0, 0.05) is 10.9 Å². The first-order valence-electron chi connectivity index (χ1n) is 5.53. The largest absolute Gasteiger partial charge is 0.207 e. The maximum Gasteiger partial charge on any atom is 0.129 e. The lowest BCUT2D eigenvalue weighted by Crippen LogP contribution is -2.12. The Kier molecular flexibility index (Phi) is 5.39. The molecule has 0 aliphatic heterocycles. The zero-order valence-electron chi connectivity index (χ0n) is 9.64. The number of alkyl halides is 1. The molecule has 90 valence electrons. The predicted molar refractivity (Wildman–Crippen MR) is 66.8 cm³/mol. The van der Waals surface area contributed by atoms with Gasteiger partial charge in [0.1, 0.15) is 11.6 Å². The van der Waals surface area contributed by atoms with E-state index in [4.69, 9.17) is 0 Å². The third-order valence-corrected chi connectivity index (χ3v) is 3.49. The van der Waals surface area contributed by atoms with Crippen LogP contribution in [0, 0.1) is 23.5 Å². The van der Waals surface area contributed by atoms with E-state index in [1.165, 1.54) is 18.2 Å². The van der Waals surface area contributed by atoms with Crippen molar-refractivity contribution in [3.8, 4) is 0 Å². The topological polar surface area (TPSA) is 0 Å². The first-order valence-corrected chi connectivity index (χ1v) is 6.65. The molecule has 0 spiro atoms. The smallest absolute Gasteiger partial charge is 0.129 e. The second-order valence-corrected chi connectivity index (χ2v) is 5.20. The molecule has 0 amide bonds. The first kappa shape index (κ1) is 13.6. The van der Waals surface area contributed by atoms with E-state index in [0.29, 0.717) is 12.3 Å². The summed E-state index contributed by atoms with van der Waals surface area (Å²) < 4.78 is 26.9. The molecule has 0 fully saturated rings. The third kappa shape index (κ3) is 3.85. The fraction of sp³-hybridized carbons (Fsp3) is 0.538. The van der Waals surface area contributed by atoms with E-state index < -0.39 is 11.6 Å². The molecule has 0 saturated heterocycles. The van der Waals surface area contributed by atoms with Crippen LogP contribution in [0.4, 0.5) is 8.78 Å². The minimum absolute atomic E-state index is 0.215. The molecule has 3 heteroatoms. The summed E-state index contributed by atoms with van der Waals surface area (Å²) >= 11 is 3.41. The fourth-order valence-corrected chi connectivity index (χ4v) is 2.38. The van der Waals surface area contributed by atoms with Gasteiger partial charge in [-0.05, 0) is 36.8 Å². The van der Waals surface area contributed by atoms with Crippen LogP contribution in [0.1, 0.15) is 25.8 Å². The van der Waals surface area contributed by atoms with Crippen molar-refractivity contribution in [2.24, 2.45) is 11.8 Å². The lowest BCUT2D eigenvalue weighted by molar-refractivity contribution is 0.428. The van der Waals surface area contributed by atoms with Crippen molar-refractivity contribution in [3.63, 3.8) is 0 Å². The summed E-state index contributed by atoms with van der Waals surface area (Å²) in [5, 5.41) is 0.777. The highest BCUT2D eigenvalue weighted by molar-refractivity contribution is 9.09. The predicted octanol–water partition coefficient (Wildman–Crippen LogP) is 4.56. The van der Waals surface area contributed by atoms with Crippen LogP contribution in [0.3, 0.4) is 0 Å². The van der Waals surface area contributed by atoms with Crippen LogP contribution in [0.25, 0.3) is 0 Å². The van der Waals surface area contributed by atoms with Crippen molar-refractivity contribution >= 4 is 15.9 Å². The zero-order valence-corrected chi connectivity index (χ0v) is 11.2. The van der Waals surface area contributed by atoms with Crippen LogP contribution in [-0.4, -0.2) is 5.33 Å². The molecule has 0 aliphatic carbocycles. The van der Waals surface area contributed by atoms with Crippen LogP contribution in [0.15, 0.2) is 18.2 Å². The number of hydrogen-bond acceptors (Lipinski definition) is 0. The molecule has 1 atom stereocenters. The first-order chi connectivity index (χ1) is 7.54. The minimum Gasteiger partial charge on any atom is -0.207 e. The molecule has 1 aromatic carbocycles. The highest BCUT2D eigenvalue weighted by atomic mass is 79.9. The molecule has 0 N–H and O–H groups in total. The van der Waals surface area contributed by atoms with Gasteiger partial charge in [-0.3, -0.25) is 0 Å². The van der Waals surface area contributed by atoms with E-state index >= 15 is 0 Å². The van der Waals surface area contributed by atoms with Gasteiger partial charge in [-0.1, -0.05) is 35.8 Å². The Balaban J connectivity index is 2.77. The number of halogens is 3. The monoisotopic (exact) mass is 290 g/mol. The van der Waals surface area contributed by atoms with Crippen molar-refractivity contribution in [1.29, 1.82) is 0 Å². The molecule has 1 unspecified atom stereocenters. The van der Waals surface area contributed by atoms with Gasteiger partial charge >= 0.3 is 0 Å². The van der Waals surface area contributed by atoms with Crippen molar-refractivity contribution < 1.29 is 8.78 Å². The molecule has 1 aromatic rings. The van der Waals surface area contributed by atoms with Crippen molar-refractivity contribution in [2.45, 2.75) is 26.7 Å². The average molecular weight is 291 g/mol. The van der Waals surface area contributed by atoms with Crippen molar-refractivity contribution in [3.05, 3.63) is 35.4 Å². The van der Waals surface area contributed by atoms with Gasteiger partial charge < -0.3 is 0 Å². The van der Waals surface area contributed by atoms with E-state index in [1.54, 1.807) is 0 Å². The summed E-state index contributed by atoms with van der Waals surface area (Å²) in [7, 11) is 0. The van der Waals surface area contributed by atoms with E-state index in [0.717, 1.165) is 11.8 Å². The third-order valence-electron chi connectivity index (χ3n) is 2.58. The maximum atomic E-state index is 13.4. The molecule has 1 rings (SSSR count). The number of hydrogen-bond donors (Lipinski definition) is 0. The summed E-state index contributed by atoms with van der Waals surface area (Å²) in [5.41, 5.74) is 0.215. The Labute approximate surface area is 104 Å². The van der Waals surface area contributed by atoms with Crippen molar-refractivity contribution in [1.82, 2.24) is 0 Å². The summed E-state index contributed by atoms with van der Waals surface area (Å²) in [6.07, 6.45) is 1.43. The summed E-state index contributed by atoms with van der Waals surface area (Å²) in [5.74, 6) is -0.0480. The van der Waals surface area contributed by atoms with Crippen LogP contribution >= 0.6 is 15.9 Å². The Morgan fingerprint density at radius 1 is 1.19 bits per heavy atom. The van der Waals surface area contributed by atoms with E-state index in [2.05, 4.69) is 29.8 Å². The lowest BCUT2D eigenvalue weighted by atomic mass is 9.92. The van der Waals surface area contributed by atoms with Gasteiger partial charge in [0.15, 0.2) is 0 Å². The van der Waals surface area contributed by atoms with Gasteiger partial charge in [0.05, 0.1) is 0 Å². The molecule has 0 saturated carbocycles. The average Bonchev–Trinajstić information content (AvgIpc) is 2.21. The van der Waals surface area contributed by atoms with E-state index in [9.17, 15) is 8.78 Å². The van der Waals surface area contributed by atoms with Crippen LogP contribution < -0.4 is 0 Å². The second kappa shape index (κ2) is 6.33. The van der Waals surface area contributed by atoms with Gasteiger partial charge in [-0.2, -0.15) is 0 Å². The van der Waals surface area contributed by atoms with E-state index in [1.807, 2.05) is 0 Å². The summed E-state index contributed by atoms with van der Waals surface area (Å²) in [6.45, 7) is 4.24. The van der Waals surface area contributed by atoms with Crippen molar-refractivity contribution in [2.75, 3.05) is 5.33 Å². The van der Waals surface area contributed by atoms with Crippen LogP contribution in [0.5, 0.6) is 0 Å². The molecule has 0 nitrogen and oxygen atoms in total. The Morgan fingerprint density at radius 2 is 1.75 bits per heavy atom. The molecular formula is C13H17BrF2. The minimum atomic E-state index is -0.435. The van der Waals surface area contributed by atoms with Gasteiger partial charge in [0.25, 0.3) is 0 Å². The molecule has 0 bridgehead atoms. The molecule has 0 aromatic heterocycles. The standard InChI is InChI=1S/C13H17BrF2/c1-9(2)6-10(8-14)7-11-12(15)4-3-5-13(11)16/h3-5,9-10H,6-8H2,1-2H3. The molecule has 0 heterocycles. The second-order valence-electron chi connectivity index (χ2n) is 4.55. The fourth-order valence-electron chi connectivity index (χ4n) is 1.88. The van der Waals surface area contributed by atoms with Gasteiger partial charge in [0.2, 0.25) is 0 Å². The quantitative estimate of drug-likeness (QED) is 0.697. The number of benzene rings is 1. The highest BCUT2D eigenvalue weighted by Crippen LogP contribution is 2.22.